The smallest absolute Gasteiger partial charge is 0.308 e. The second kappa shape index (κ2) is 9.27. The average Bonchev–Trinajstić information content (AvgIpc) is 3.24. The number of nitrogens with zero attached hydrogens (tertiary/aromatic N) is 4. The summed E-state index contributed by atoms with van der Waals surface area (Å²) in [5.74, 6) is 1.11. The van der Waals surface area contributed by atoms with Crippen LogP contribution in [0.3, 0.4) is 0 Å². The number of fused-ring (bicyclic) bond motifs is 3. The lowest BCUT2D eigenvalue weighted by Gasteiger charge is -2.21. The molecule has 1 aliphatic rings. The highest BCUT2D eigenvalue weighted by Gasteiger charge is 2.33. The fourth-order valence-electron chi connectivity index (χ4n) is 4.02. The van der Waals surface area contributed by atoms with Crippen molar-refractivity contribution in [2.24, 2.45) is 10.7 Å². The second-order valence-corrected chi connectivity index (χ2v) is 10.7. The molecule has 8 heteroatoms. The second-order valence-electron chi connectivity index (χ2n) is 9.45. The van der Waals surface area contributed by atoms with E-state index in [2.05, 4.69) is 48.3 Å². The molecule has 1 aliphatic heterocycles. The van der Waals surface area contributed by atoms with Crippen molar-refractivity contribution < 1.29 is 9.53 Å². The van der Waals surface area contributed by atoms with E-state index in [4.69, 9.17) is 15.5 Å². The number of aliphatic imine (C=N–C) groups is 1. The van der Waals surface area contributed by atoms with E-state index < -0.39 is 11.6 Å². The molecular formula is C26H31N5O2S. The highest BCUT2D eigenvalue weighted by Crippen LogP contribution is 2.39. The zero-order valence-electron chi connectivity index (χ0n) is 20.5. The zero-order chi connectivity index (χ0) is 24.6. The first-order valence-corrected chi connectivity index (χ1v) is 12.2. The van der Waals surface area contributed by atoms with Crippen molar-refractivity contribution in [1.29, 1.82) is 0 Å². The first-order chi connectivity index (χ1) is 16.1. The van der Waals surface area contributed by atoms with Crippen LogP contribution in [-0.4, -0.2) is 38.6 Å². The predicted octanol–water partition coefficient (Wildman–Crippen LogP) is 4.85. The molecule has 0 aliphatic carbocycles. The predicted molar refractivity (Wildman–Crippen MR) is 137 cm³/mol. The van der Waals surface area contributed by atoms with Crippen molar-refractivity contribution in [3.8, 4) is 5.00 Å². The van der Waals surface area contributed by atoms with Gasteiger partial charge in [-0.25, -0.2) is 0 Å². The summed E-state index contributed by atoms with van der Waals surface area (Å²) < 4.78 is 7.66. The van der Waals surface area contributed by atoms with E-state index in [9.17, 15) is 4.79 Å². The third-order valence-corrected chi connectivity index (χ3v) is 6.84. The number of aromatic nitrogens is 3. The van der Waals surface area contributed by atoms with Gasteiger partial charge in [0.05, 0.1) is 12.1 Å². The van der Waals surface area contributed by atoms with E-state index >= 15 is 0 Å². The lowest BCUT2D eigenvalue weighted by Crippen LogP contribution is -2.25. The molecule has 3 aromatic rings. The van der Waals surface area contributed by atoms with Crippen LogP contribution in [-0.2, 0) is 9.53 Å². The maximum atomic E-state index is 12.8. The Balaban J connectivity index is 1.87. The Kier molecular flexibility index (Phi) is 6.55. The molecule has 2 aromatic heterocycles. The average molecular weight is 478 g/mol. The van der Waals surface area contributed by atoms with Crippen molar-refractivity contribution in [3.63, 3.8) is 0 Å². The molecule has 0 bridgehead atoms. The van der Waals surface area contributed by atoms with E-state index in [0.29, 0.717) is 12.4 Å². The van der Waals surface area contributed by atoms with Crippen LogP contribution in [0.2, 0.25) is 0 Å². The standard InChI is InChI=1S/C26H31N5O2S/c1-15-16(2)34-25-22(15)23(19-11-9-18(10-12-19)8-7-13-27)28-20(14-21(32)33-26(4,5)6)24-30-29-17(3)31(24)25/h7-12,20H,13-14,27H2,1-6H3/t20-/m1/s1. The minimum Gasteiger partial charge on any atom is -0.460 e. The van der Waals surface area contributed by atoms with E-state index in [1.807, 2.05) is 44.4 Å². The van der Waals surface area contributed by atoms with Crippen molar-refractivity contribution in [1.82, 2.24) is 14.8 Å². The maximum absolute atomic E-state index is 12.8. The van der Waals surface area contributed by atoms with Gasteiger partial charge in [0.2, 0.25) is 0 Å². The fourth-order valence-corrected chi connectivity index (χ4v) is 5.24. The zero-order valence-corrected chi connectivity index (χ0v) is 21.4. The molecule has 178 valence electrons. The Hall–Kier alpha value is -3.10. The van der Waals surface area contributed by atoms with Gasteiger partial charge in [-0.3, -0.25) is 14.4 Å². The van der Waals surface area contributed by atoms with Crippen LogP contribution in [0.1, 0.15) is 72.0 Å². The minimum atomic E-state index is -0.572. The number of thiophene rings is 1. The van der Waals surface area contributed by atoms with Crippen LogP contribution < -0.4 is 5.73 Å². The van der Waals surface area contributed by atoms with Crippen LogP contribution >= 0.6 is 11.3 Å². The Bertz CT molecular complexity index is 1280. The molecule has 0 saturated carbocycles. The van der Waals surface area contributed by atoms with Crippen LogP contribution in [0.5, 0.6) is 0 Å². The summed E-state index contributed by atoms with van der Waals surface area (Å²) in [6, 6.07) is 7.72. The topological polar surface area (TPSA) is 95.4 Å². The highest BCUT2D eigenvalue weighted by molar-refractivity contribution is 7.15. The lowest BCUT2D eigenvalue weighted by molar-refractivity contribution is -0.155. The number of nitrogens with two attached hydrogens (primary N) is 1. The lowest BCUT2D eigenvalue weighted by atomic mass is 9.98. The van der Waals surface area contributed by atoms with Gasteiger partial charge in [-0.1, -0.05) is 36.4 Å². The van der Waals surface area contributed by atoms with Gasteiger partial charge in [-0.15, -0.1) is 21.5 Å². The first kappa shape index (κ1) is 24.0. The van der Waals surface area contributed by atoms with Gasteiger partial charge in [0.1, 0.15) is 22.5 Å². The fraction of sp³-hybridized carbons (Fsp3) is 0.385. The molecule has 0 saturated heterocycles. The molecular weight excluding hydrogens is 446 g/mol. The molecule has 0 unspecified atom stereocenters. The van der Waals surface area contributed by atoms with Crippen molar-refractivity contribution in [2.75, 3.05) is 6.54 Å². The largest absolute Gasteiger partial charge is 0.460 e. The molecule has 4 rings (SSSR count). The van der Waals surface area contributed by atoms with Gasteiger partial charge >= 0.3 is 5.97 Å². The van der Waals surface area contributed by atoms with Gasteiger partial charge in [-0.05, 0) is 52.7 Å². The SMILES string of the molecule is Cc1sc2c(c1C)C(c1ccc(C=CCN)cc1)=N[C@H](CC(=O)OC(C)(C)C)c1nnc(C)n1-2. The molecule has 0 fully saturated rings. The van der Waals surface area contributed by atoms with E-state index in [-0.39, 0.29) is 12.4 Å². The number of hydrogen-bond acceptors (Lipinski definition) is 7. The molecule has 7 nitrogen and oxygen atoms in total. The van der Waals surface area contributed by atoms with Crippen LogP contribution in [0.25, 0.3) is 11.1 Å². The van der Waals surface area contributed by atoms with Gasteiger partial charge in [0.15, 0.2) is 5.82 Å². The van der Waals surface area contributed by atoms with Gasteiger partial charge in [0.25, 0.3) is 0 Å². The maximum Gasteiger partial charge on any atom is 0.308 e. The molecule has 3 heterocycles. The number of ether oxygens (including phenoxy) is 1. The first-order valence-electron chi connectivity index (χ1n) is 11.4. The monoisotopic (exact) mass is 477 g/mol. The van der Waals surface area contributed by atoms with Gasteiger partial charge < -0.3 is 10.5 Å². The molecule has 1 aromatic carbocycles. The Morgan fingerprint density at radius 3 is 2.53 bits per heavy atom. The van der Waals surface area contributed by atoms with Crippen molar-refractivity contribution in [3.05, 3.63) is 69.1 Å². The molecule has 1 atom stereocenters. The highest BCUT2D eigenvalue weighted by atomic mass is 32.1. The number of hydrogen-bond donors (Lipinski definition) is 1. The molecule has 34 heavy (non-hydrogen) atoms. The molecule has 2 N–H and O–H groups in total. The Morgan fingerprint density at radius 1 is 1.18 bits per heavy atom. The van der Waals surface area contributed by atoms with Crippen molar-refractivity contribution in [2.45, 2.75) is 59.6 Å². The Labute approximate surface area is 204 Å². The van der Waals surface area contributed by atoms with Crippen LogP contribution in [0, 0.1) is 20.8 Å². The third kappa shape index (κ3) is 4.74. The summed E-state index contributed by atoms with van der Waals surface area (Å²) in [7, 11) is 0. The summed E-state index contributed by atoms with van der Waals surface area (Å²) in [6.45, 7) is 12.3. The van der Waals surface area contributed by atoms with Crippen molar-refractivity contribution >= 4 is 29.1 Å². The summed E-state index contributed by atoms with van der Waals surface area (Å²) >= 11 is 1.70. The minimum absolute atomic E-state index is 0.0865. The number of carbonyl (C=O) groups is 1. The number of rotatable bonds is 5. The molecule has 0 radical (unpaired) electrons. The van der Waals surface area contributed by atoms with Crippen LogP contribution in [0.15, 0.2) is 35.3 Å². The number of benzene rings is 1. The van der Waals surface area contributed by atoms with E-state index in [1.54, 1.807) is 11.3 Å². The summed E-state index contributed by atoms with van der Waals surface area (Å²) in [6.07, 6.45) is 4.01. The van der Waals surface area contributed by atoms with Gasteiger partial charge in [0, 0.05) is 22.5 Å². The normalized spacial score (nSPS) is 15.6. The number of aryl methyl sites for hydroxylation is 2. The quantitative estimate of drug-likeness (QED) is 0.530. The Morgan fingerprint density at radius 2 is 1.88 bits per heavy atom. The van der Waals surface area contributed by atoms with E-state index in [1.165, 1.54) is 10.4 Å². The van der Waals surface area contributed by atoms with Gasteiger partial charge in [-0.2, -0.15) is 0 Å². The third-order valence-electron chi connectivity index (χ3n) is 5.65. The summed E-state index contributed by atoms with van der Waals surface area (Å²) in [5.41, 5.74) is 10.2. The van der Waals surface area contributed by atoms with Crippen LogP contribution in [0.4, 0.5) is 0 Å². The van der Waals surface area contributed by atoms with E-state index in [0.717, 1.165) is 33.2 Å². The summed E-state index contributed by atoms with van der Waals surface area (Å²) in [5, 5.41) is 9.81. The number of esters is 1. The number of carbonyl (C=O) groups excluding carboxylic acids is 1. The molecule has 0 spiro atoms. The summed E-state index contributed by atoms with van der Waals surface area (Å²) in [4.78, 5) is 19.2. The molecule has 0 amide bonds.